The average Bonchev–Trinajstić information content (AvgIpc) is 2.65. The molecule has 0 radical (unpaired) electrons. The van der Waals surface area contributed by atoms with Gasteiger partial charge in [-0.15, -0.1) is 0 Å². The summed E-state index contributed by atoms with van der Waals surface area (Å²) >= 11 is 0. The predicted molar refractivity (Wildman–Crippen MR) is 104 cm³/mol. The Labute approximate surface area is 148 Å². The molecular weight excluding hydrogens is 332 g/mol. The second-order valence-corrected chi connectivity index (χ2v) is 7.39. The first-order valence-corrected chi connectivity index (χ1v) is 9.52. The standard InChI is InChI=1S/C20H20N2O2S/c1-2-16-10-12-18(13-11-16)25(23,24)22-15-14-21-20-9-5-7-17-6-3-4-8-19(17)20/h2-13,21-22H,1,14-15H2. The Balaban J connectivity index is 1.61. The van der Waals surface area contributed by atoms with E-state index in [1.807, 2.05) is 30.3 Å². The molecule has 5 heteroatoms. The third-order valence-electron chi connectivity index (χ3n) is 3.95. The number of anilines is 1. The lowest BCUT2D eigenvalue weighted by Crippen LogP contribution is -2.28. The SMILES string of the molecule is C=Cc1ccc(S(=O)(=O)NCCNc2cccc3ccccc23)cc1. The van der Waals surface area contributed by atoms with Crippen LogP contribution >= 0.6 is 0 Å². The summed E-state index contributed by atoms with van der Waals surface area (Å²) in [6, 6.07) is 20.7. The molecule has 128 valence electrons. The normalized spacial score (nSPS) is 11.4. The van der Waals surface area contributed by atoms with Crippen LogP contribution in [0.4, 0.5) is 5.69 Å². The van der Waals surface area contributed by atoms with E-state index in [0.717, 1.165) is 22.0 Å². The zero-order valence-electron chi connectivity index (χ0n) is 13.8. The quantitative estimate of drug-likeness (QED) is 0.635. The Hall–Kier alpha value is -2.63. The summed E-state index contributed by atoms with van der Waals surface area (Å²) in [7, 11) is -3.51. The average molecular weight is 352 g/mol. The number of sulfonamides is 1. The van der Waals surface area contributed by atoms with Crippen LogP contribution in [0.1, 0.15) is 5.56 Å². The molecule has 0 unspecified atom stereocenters. The van der Waals surface area contributed by atoms with Gasteiger partial charge in [0.2, 0.25) is 10.0 Å². The number of fused-ring (bicyclic) bond motifs is 1. The summed E-state index contributed by atoms with van der Waals surface area (Å²) in [5.74, 6) is 0. The molecule has 3 aromatic rings. The summed E-state index contributed by atoms with van der Waals surface area (Å²) in [4.78, 5) is 0.253. The predicted octanol–water partition coefficient (Wildman–Crippen LogP) is 3.87. The molecule has 2 N–H and O–H groups in total. The molecule has 0 fully saturated rings. The number of hydrogen-bond acceptors (Lipinski definition) is 3. The minimum absolute atomic E-state index is 0.253. The van der Waals surface area contributed by atoms with E-state index in [1.165, 1.54) is 0 Å². The largest absolute Gasteiger partial charge is 0.383 e. The maximum atomic E-state index is 12.3. The third-order valence-corrected chi connectivity index (χ3v) is 5.43. The van der Waals surface area contributed by atoms with E-state index < -0.39 is 10.0 Å². The van der Waals surface area contributed by atoms with Gasteiger partial charge in [-0.3, -0.25) is 0 Å². The van der Waals surface area contributed by atoms with Gasteiger partial charge in [-0.1, -0.05) is 61.2 Å². The van der Waals surface area contributed by atoms with Crippen LogP contribution in [0.2, 0.25) is 0 Å². The van der Waals surface area contributed by atoms with Gasteiger partial charge >= 0.3 is 0 Å². The Bertz CT molecular complexity index is 975. The van der Waals surface area contributed by atoms with Crippen molar-refractivity contribution in [1.82, 2.24) is 4.72 Å². The van der Waals surface area contributed by atoms with Gasteiger partial charge in [0, 0.05) is 24.2 Å². The second kappa shape index (κ2) is 7.51. The molecule has 0 bridgehead atoms. The van der Waals surface area contributed by atoms with Crippen molar-refractivity contribution in [2.45, 2.75) is 4.90 Å². The van der Waals surface area contributed by atoms with E-state index in [0.29, 0.717) is 13.1 Å². The Morgan fingerprint density at radius 1 is 0.880 bits per heavy atom. The summed E-state index contributed by atoms with van der Waals surface area (Å²) in [5, 5.41) is 5.56. The van der Waals surface area contributed by atoms with Crippen molar-refractivity contribution in [3.05, 3.63) is 78.9 Å². The highest BCUT2D eigenvalue weighted by Crippen LogP contribution is 2.22. The molecule has 0 saturated carbocycles. The van der Waals surface area contributed by atoms with Gasteiger partial charge in [0.05, 0.1) is 4.90 Å². The van der Waals surface area contributed by atoms with Gasteiger partial charge in [-0.25, -0.2) is 13.1 Å². The number of benzene rings is 3. The molecule has 0 aliphatic carbocycles. The molecule has 25 heavy (non-hydrogen) atoms. The van der Waals surface area contributed by atoms with Crippen molar-refractivity contribution < 1.29 is 8.42 Å². The molecule has 3 aromatic carbocycles. The molecular formula is C20H20N2O2S. The van der Waals surface area contributed by atoms with Gasteiger partial charge < -0.3 is 5.32 Å². The van der Waals surface area contributed by atoms with Gasteiger partial charge in [0.25, 0.3) is 0 Å². The first-order valence-electron chi connectivity index (χ1n) is 8.04. The van der Waals surface area contributed by atoms with E-state index in [4.69, 9.17) is 0 Å². The second-order valence-electron chi connectivity index (χ2n) is 5.62. The minimum Gasteiger partial charge on any atom is -0.383 e. The van der Waals surface area contributed by atoms with E-state index >= 15 is 0 Å². The fourth-order valence-corrected chi connectivity index (χ4v) is 3.66. The van der Waals surface area contributed by atoms with Gasteiger partial charge in [-0.05, 0) is 29.1 Å². The Morgan fingerprint density at radius 2 is 1.60 bits per heavy atom. The van der Waals surface area contributed by atoms with Crippen molar-refractivity contribution in [1.29, 1.82) is 0 Å². The lowest BCUT2D eigenvalue weighted by Gasteiger charge is -2.11. The maximum Gasteiger partial charge on any atom is 0.240 e. The van der Waals surface area contributed by atoms with Crippen molar-refractivity contribution in [2.75, 3.05) is 18.4 Å². The highest BCUT2D eigenvalue weighted by Gasteiger charge is 2.12. The van der Waals surface area contributed by atoms with Crippen LogP contribution in [0, 0.1) is 0 Å². The molecule has 0 amide bonds. The highest BCUT2D eigenvalue weighted by molar-refractivity contribution is 7.89. The first-order chi connectivity index (χ1) is 12.1. The number of rotatable bonds is 7. The molecule has 0 aromatic heterocycles. The smallest absolute Gasteiger partial charge is 0.240 e. The zero-order chi connectivity index (χ0) is 17.7. The van der Waals surface area contributed by atoms with E-state index in [2.05, 4.69) is 28.8 Å². The molecule has 0 spiro atoms. The molecule has 0 heterocycles. The minimum atomic E-state index is -3.51. The number of hydrogen-bond donors (Lipinski definition) is 2. The van der Waals surface area contributed by atoms with E-state index in [-0.39, 0.29) is 4.90 Å². The van der Waals surface area contributed by atoms with Crippen LogP contribution in [0.25, 0.3) is 16.8 Å². The molecule has 4 nitrogen and oxygen atoms in total. The maximum absolute atomic E-state index is 12.3. The van der Waals surface area contributed by atoms with Crippen molar-refractivity contribution in [3.63, 3.8) is 0 Å². The zero-order valence-corrected chi connectivity index (χ0v) is 14.6. The van der Waals surface area contributed by atoms with Crippen molar-refractivity contribution in [2.24, 2.45) is 0 Å². The van der Waals surface area contributed by atoms with Crippen LogP contribution in [-0.4, -0.2) is 21.5 Å². The van der Waals surface area contributed by atoms with Crippen LogP contribution in [0.15, 0.2) is 78.2 Å². The Morgan fingerprint density at radius 3 is 2.36 bits per heavy atom. The van der Waals surface area contributed by atoms with Gasteiger partial charge in [0.15, 0.2) is 0 Å². The summed E-state index contributed by atoms with van der Waals surface area (Å²) in [5.41, 5.74) is 1.88. The lowest BCUT2D eigenvalue weighted by molar-refractivity contribution is 0.583. The van der Waals surface area contributed by atoms with Crippen LogP contribution in [-0.2, 0) is 10.0 Å². The molecule has 0 saturated heterocycles. The first kappa shape index (κ1) is 17.2. The fourth-order valence-electron chi connectivity index (χ4n) is 2.63. The lowest BCUT2D eigenvalue weighted by atomic mass is 10.1. The van der Waals surface area contributed by atoms with Crippen molar-refractivity contribution in [3.8, 4) is 0 Å². The summed E-state index contributed by atoms with van der Waals surface area (Å²) in [6.45, 7) is 4.46. The van der Waals surface area contributed by atoms with Crippen LogP contribution in [0.5, 0.6) is 0 Å². The van der Waals surface area contributed by atoms with Crippen LogP contribution in [0.3, 0.4) is 0 Å². The Kier molecular flexibility index (Phi) is 5.16. The van der Waals surface area contributed by atoms with Gasteiger partial charge in [0.1, 0.15) is 0 Å². The summed E-state index contributed by atoms with van der Waals surface area (Å²) < 4.78 is 27.2. The topological polar surface area (TPSA) is 58.2 Å². The van der Waals surface area contributed by atoms with Gasteiger partial charge in [-0.2, -0.15) is 0 Å². The highest BCUT2D eigenvalue weighted by atomic mass is 32.2. The molecule has 3 rings (SSSR count). The van der Waals surface area contributed by atoms with E-state index in [9.17, 15) is 8.42 Å². The van der Waals surface area contributed by atoms with E-state index in [1.54, 1.807) is 30.3 Å². The summed E-state index contributed by atoms with van der Waals surface area (Å²) in [6.07, 6.45) is 1.68. The molecule has 0 aliphatic heterocycles. The number of nitrogens with one attached hydrogen (secondary N) is 2. The van der Waals surface area contributed by atoms with Crippen LogP contribution < -0.4 is 10.0 Å². The fraction of sp³-hybridized carbons (Fsp3) is 0.100. The third kappa shape index (κ3) is 4.07. The molecule has 0 aliphatic rings. The monoisotopic (exact) mass is 352 g/mol. The molecule has 0 atom stereocenters. The van der Waals surface area contributed by atoms with Crippen molar-refractivity contribution >= 4 is 32.6 Å².